The van der Waals surface area contributed by atoms with E-state index in [9.17, 15) is 4.79 Å². The Hall–Kier alpha value is -3.14. The van der Waals surface area contributed by atoms with Crippen molar-refractivity contribution in [1.29, 1.82) is 0 Å². The molecule has 0 unspecified atom stereocenters. The lowest BCUT2D eigenvalue weighted by atomic mass is 9.88. The number of amides is 1. The highest BCUT2D eigenvalue weighted by Crippen LogP contribution is 2.28. The Labute approximate surface area is 160 Å². The minimum Gasteiger partial charge on any atom is -0.368 e. The van der Waals surface area contributed by atoms with Gasteiger partial charge in [0.1, 0.15) is 5.82 Å². The molecule has 2 aromatic carbocycles. The smallest absolute Gasteiger partial charge is 0.225 e. The number of anilines is 2. The van der Waals surface area contributed by atoms with E-state index in [1.165, 1.54) is 0 Å². The maximum Gasteiger partial charge on any atom is 0.225 e. The van der Waals surface area contributed by atoms with E-state index in [0.717, 1.165) is 16.9 Å². The van der Waals surface area contributed by atoms with Crippen LogP contribution in [0.25, 0.3) is 0 Å². The predicted molar refractivity (Wildman–Crippen MR) is 111 cm³/mol. The van der Waals surface area contributed by atoms with E-state index in [4.69, 9.17) is 0 Å². The Morgan fingerprint density at radius 2 is 1.48 bits per heavy atom. The molecule has 3 aromatic rings. The Kier molecular flexibility index (Phi) is 6.21. The highest BCUT2D eigenvalue weighted by atomic mass is 16.1. The molecule has 0 aliphatic heterocycles. The molecule has 1 amide bonds. The number of pyridine rings is 1. The Morgan fingerprint density at radius 1 is 0.889 bits per heavy atom. The van der Waals surface area contributed by atoms with Gasteiger partial charge in [-0.3, -0.25) is 4.79 Å². The van der Waals surface area contributed by atoms with Gasteiger partial charge in [-0.15, -0.1) is 0 Å². The first kappa shape index (κ1) is 18.6. The number of carbonyl (C=O) groups is 1. The zero-order valence-electron chi connectivity index (χ0n) is 15.7. The van der Waals surface area contributed by atoms with Crippen LogP contribution >= 0.6 is 0 Å². The molecule has 0 saturated carbocycles. The molecule has 3 rings (SSSR count). The van der Waals surface area contributed by atoms with Gasteiger partial charge in [-0.05, 0) is 37.1 Å². The third-order valence-corrected chi connectivity index (χ3v) is 4.28. The summed E-state index contributed by atoms with van der Waals surface area (Å²) in [6, 6.07) is 24.3. The lowest BCUT2D eigenvalue weighted by molar-refractivity contribution is -0.116. The van der Waals surface area contributed by atoms with Gasteiger partial charge in [0.25, 0.3) is 0 Å². The molecule has 0 radical (unpaired) electrons. The van der Waals surface area contributed by atoms with Gasteiger partial charge in [0, 0.05) is 18.4 Å². The van der Waals surface area contributed by atoms with Crippen LogP contribution in [-0.2, 0) is 4.79 Å². The molecular weight excluding hydrogens is 334 g/mol. The Morgan fingerprint density at radius 3 is 1.96 bits per heavy atom. The number of aromatic nitrogens is 1. The lowest BCUT2D eigenvalue weighted by Crippen LogP contribution is -2.17. The van der Waals surface area contributed by atoms with Crippen LogP contribution in [0.4, 0.5) is 11.5 Å². The van der Waals surface area contributed by atoms with Crippen molar-refractivity contribution in [3.05, 3.63) is 90.1 Å². The molecule has 138 valence electrons. The topological polar surface area (TPSA) is 54.0 Å². The zero-order valence-corrected chi connectivity index (χ0v) is 15.7. The third-order valence-electron chi connectivity index (χ3n) is 4.28. The molecule has 0 atom stereocenters. The van der Waals surface area contributed by atoms with Crippen molar-refractivity contribution in [2.24, 2.45) is 0 Å². The van der Waals surface area contributed by atoms with E-state index in [0.29, 0.717) is 18.2 Å². The highest BCUT2D eigenvalue weighted by Gasteiger charge is 2.18. The average molecular weight is 359 g/mol. The normalized spacial score (nSPS) is 10.8. The van der Waals surface area contributed by atoms with Gasteiger partial charge in [-0.25, -0.2) is 4.98 Å². The number of benzene rings is 2. The quantitative estimate of drug-likeness (QED) is 0.620. The summed E-state index contributed by atoms with van der Waals surface area (Å²) in [5, 5.41) is 6.20. The van der Waals surface area contributed by atoms with Crippen molar-refractivity contribution in [3.8, 4) is 0 Å². The summed E-state index contributed by atoms with van der Waals surface area (Å²) in [6.07, 6.45) is 2.06. The van der Waals surface area contributed by atoms with E-state index in [2.05, 4.69) is 53.7 Å². The molecule has 0 aliphatic carbocycles. The largest absolute Gasteiger partial charge is 0.368 e. The number of hydrogen-bond acceptors (Lipinski definition) is 3. The fourth-order valence-corrected chi connectivity index (χ4v) is 3.05. The highest BCUT2D eigenvalue weighted by molar-refractivity contribution is 5.91. The fourth-order valence-electron chi connectivity index (χ4n) is 3.05. The molecule has 0 spiro atoms. The molecule has 4 nitrogen and oxygen atoms in total. The minimum atomic E-state index is -0.0286. The second kappa shape index (κ2) is 8.99. The minimum absolute atomic E-state index is 0.0160. The first-order valence-electron chi connectivity index (χ1n) is 9.24. The van der Waals surface area contributed by atoms with Crippen molar-refractivity contribution < 1.29 is 4.79 Å². The first-order valence-corrected chi connectivity index (χ1v) is 9.24. The van der Waals surface area contributed by atoms with E-state index in [1.807, 2.05) is 48.5 Å². The maximum atomic E-state index is 12.7. The monoisotopic (exact) mass is 359 g/mol. The summed E-state index contributed by atoms with van der Waals surface area (Å²) in [4.78, 5) is 17.0. The van der Waals surface area contributed by atoms with Gasteiger partial charge in [-0.2, -0.15) is 0 Å². The van der Waals surface area contributed by atoms with E-state index in [-0.39, 0.29) is 11.8 Å². The van der Waals surface area contributed by atoms with Crippen molar-refractivity contribution in [2.45, 2.75) is 32.2 Å². The average Bonchev–Trinajstić information content (AvgIpc) is 2.69. The summed E-state index contributed by atoms with van der Waals surface area (Å²) in [6.45, 7) is 4.12. The van der Waals surface area contributed by atoms with Crippen LogP contribution in [0.5, 0.6) is 0 Å². The van der Waals surface area contributed by atoms with E-state index < -0.39 is 0 Å². The molecule has 2 N–H and O–H groups in total. The summed E-state index contributed by atoms with van der Waals surface area (Å²) < 4.78 is 0. The van der Waals surface area contributed by atoms with Crippen molar-refractivity contribution in [1.82, 2.24) is 4.98 Å². The molecule has 4 heteroatoms. The molecule has 0 aliphatic rings. The van der Waals surface area contributed by atoms with Gasteiger partial charge in [0.05, 0.1) is 11.9 Å². The van der Waals surface area contributed by atoms with Gasteiger partial charge < -0.3 is 10.6 Å². The van der Waals surface area contributed by atoms with Crippen LogP contribution in [-0.4, -0.2) is 16.9 Å². The summed E-state index contributed by atoms with van der Waals surface area (Å²) >= 11 is 0. The lowest BCUT2D eigenvalue weighted by Gasteiger charge is -2.18. The van der Waals surface area contributed by atoms with Crippen molar-refractivity contribution in [3.63, 3.8) is 0 Å². The number of carbonyl (C=O) groups excluding carboxylic acids is 1. The van der Waals surface area contributed by atoms with Gasteiger partial charge in [0.2, 0.25) is 5.91 Å². The number of nitrogens with zero attached hydrogens (tertiary/aromatic N) is 1. The van der Waals surface area contributed by atoms with Gasteiger partial charge >= 0.3 is 0 Å². The second-order valence-corrected chi connectivity index (χ2v) is 6.86. The van der Waals surface area contributed by atoms with Gasteiger partial charge in [-0.1, -0.05) is 60.7 Å². The summed E-state index contributed by atoms with van der Waals surface area (Å²) in [5.74, 6) is 0.788. The second-order valence-electron chi connectivity index (χ2n) is 6.86. The molecular formula is C23H25N3O. The fraction of sp³-hybridized carbons (Fsp3) is 0.217. The number of rotatable bonds is 7. The van der Waals surface area contributed by atoms with Gasteiger partial charge in [0.15, 0.2) is 0 Å². The first-order chi connectivity index (χ1) is 13.1. The van der Waals surface area contributed by atoms with Crippen LogP contribution in [0.3, 0.4) is 0 Å². The maximum absolute atomic E-state index is 12.7. The van der Waals surface area contributed by atoms with Crippen molar-refractivity contribution >= 4 is 17.4 Å². The van der Waals surface area contributed by atoms with Crippen LogP contribution in [0, 0.1) is 0 Å². The zero-order chi connectivity index (χ0) is 19.1. The molecule has 1 aromatic heterocycles. The SMILES string of the molecule is CC(C)Nc1ccc(NC(=O)CC(c2ccccc2)c2ccccc2)cn1. The summed E-state index contributed by atoms with van der Waals surface area (Å²) in [7, 11) is 0. The molecule has 0 bridgehead atoms. The summed E-state index contributed by atoms with van der Waals surface area (Å²) in [5.41, 5.74) is 2.97. The third kappa shape index (κ3) is 5.42. The van der Waals surface area contributed by atoms with E-state index >= 15 is 0 Å². The Bertz CT molecular complexity index is 806. The molecule has 0 saturated heterocycles. The molecule has 0 fully saturated rings. The molecule has 27 heavy (non-hydrogen) atoms. The molecule has 1 heterocycles. The van der Waals surface area contributed by atoms with Crippen LogP contribution in [0.1, 0.15) is 37.3 Å². The van der Waals surface area contributed by atoms with Crippen LogP contribution in [0.15, 0.2) is 79.0 Å². The van der Waals surface area contributed by atoms with E-state index in [1.54, 1.807) is 6.20 Å². The van der Waals surface area contributed by atoms with Crippen LogP contribution < -0.4 is 10.6 Å². The Balaban J connectivity index is 1.71. The number of nitrogens with one attached hydrogen (secondary N) is 2. The standard InChI is InChI=1S/C23H25N3O/c1-17(2)25-22-14-13-20(16-24-22)26-23(27)15-21(18-9-5-3-6-10-18)19-11-7-4-8-12-19/h3-14,16-17,21H,15H2,1-2H3,(H,24,25)(H,26,27). The number of hydrogen-bond donors (Lipinski definition) is 2. The predicted octanol–water partition coefficient (Wildman–Crippen LogP) is 5.06. The van der Waals surface area contributed by atoms with Crippen LogP contribution in [0.2, 0.25) is 0 Å². The van der Waals surface area contributed by atoms with Crippen molar-refractivity contribution in [2.75, 3.05) is 10.6 Å².